The third kappa shape index (κ3) is 4.17. The van der Waals surface area contributed by atoms with E-state index in [0.717, 1.165) is 23.7 Å². The Morgan fingerprint density at radius 2 is 0.867 bits per heavy atom. The molecule has 0 heteroatoms. The van der Waals surface area contributed by atoms with Crippen LogP contribution < -0.4 is 0 Å². The summed E-state index contributed by atoms with van der Waals surface area (Å²) in [6.07, 6.45) is 10.3. The highest BCUT2D eigenvalue weighted by Crippen LogP contribution is 2.33. The minimum absolute atomic E-state index is 0.915. The Morgan fingerprint density at radius 3 is 1.27 bits per heavy atom. The fourth-order valence-electron chi connectivity index (χ4n) is 3.03. The normalized spacial score (nSPS) is 40.8. The lowest BCUT2D eigenvalue weighted by Crippen LogP contribution is -2.22. The molecule has 0 aliphatic heterocycles. The van der Waals surface area contributed by atoms with Gasteiger partial charge in [-0.1, -0.05) is 72.6 Å². The molecule has 90 valence electrons. The van der Waals surface area contributed by atoms with Gasteiger partial charge >= 0.3 is 0 Å². The van der Waals surface area contributed by atoms with E-state index in [1.807, 2.05) is 0 Å². The molecular weight excluding hydrogens is 180 g/mol. The van der Waals surface area contributed by atoms with Crippen molar-refractivity contribution < 1.29 is 0 Å². The van der Waals surface area contributed by atoms with Crippen LogP contribution in [0, 0.1) is 23.7 Å². The van der Waals surface area contributed by atoms with Crippen molar-refractivity contribution in [3.8, 4) is 0 Å². The van der Waals surface area contributed by atoms with Crippen molar-refractivity contribution >= 4 is 0 Å². The van der Waals surface area contributed by atoms with Crippen LogP contribution in [0.5, 0.6) is 0 Å². The van der Waals surface area contributed by atoms with Crippen molar-refractivity contribution in [2.75, 3.05) is 0 Å². The maximum Gasteiger partial charge on any atom is -0.0389 e. The monoisotopic (exact) mass is 210 g/mol. The summed E-state index contributed by atoms with van der Waals surface area (Å²) >= 11 is 0. The van der Waals surface area contributed by atoms with Gasteiger partial charge in [-0.3, -0.25) is 0 Å². The van der Waals surface area contributed by atoms with E-state index in [9.17, 15) is 0 Å². The molecule has 4 atom stereocenters. The van der Waals surface area contributed by atoms with Gasteiger partial charge < -0.3 is 0 Å². The topological polar surface area (TPSA) is 0 Å². The van der Waals surface area contributed by atoms with E-state index in [1.54, 1.807) is 0 Å². The van der Waals surface area contributed by atoms with Gasteiger partial charge in [-0.2, -0.15) is 0 Å². The number of rotatable bonds is 0. The highest BCUT2D eigenvalue weighted by molar-refractivity contribution is 4.73. The first-order chi connectivity index (χ1) is 7.13. The predicted octanol–water partition coefficient (Wildman–Crippen LogP) is 5.28. The SMILES string of the molecule is CC1CCCCCCCC(C)C(C)C1C. The van der Waals surface area contributed by atoms with E-state index in [4.69, 9.17) is 0 Å². The first-order valence-corrected chi connectivity index (χ1v) is 7.13. The molecule has 1 rings (SSSR count). The van der Waals surface area contributed by atoms with E-state index < -0.39 is 0 Å². The van der Waals surface area contributed by atoms with Crippen LogP contribution in [-0.2, 0) is 0 Å². The fourth-order valence-corrected chi connectivity index (χ4v) is 3.03. The van der Waals surface area contributed by atoms with Crippen molar-refractivity contribution in [2.45, 2.75) is 72.6 Å². The van der Waals surface area contributed by atoms with E-state index in [0.29, 0.717) is 0 Å². The molecule has 0 nitrogen and oxygen atoms in total. The summed E-state index contributed by atoms with van der Waals surface area (Å²) in [4.78, 5) is 0. The van der Waals surface area contributed by atoms with Gasteiger partial charge in [-0.15, -0.1) is 0 Å². The molecule has 15 heavy (non-hydrogen) atoms. The molecule has 0 spiro atoms. The molecule has 1 aliphatic carbocycles. The second kappa shape index (κ2) is 6.55. The largest absolute Gasteiger partial charge is 0.0622 e. The maximum absolute atomic E-state index is 2.48. The molecule has 0 N–H and O–H groups in total. The number of hydrogen-bond donors (Lipinski definition) is 0. The summed E-state index contributed by atoms with van der Waals surface area (Å²) in [7, 11) is 0. The first-order valence-electron chi connectivity index (χ1n) is 7.13. The van der Waals surface area contributed by atoms with Gasteiger partial charge in [-0.05, 0) is 23.7 Å². The van der Waals surface area contributed by atoms with Crippen LogP contribution in [0.4, 0.5) is 0 Å². The van der Waals surface area contributed by atoms with Crippen molar-refractivity contribution in [3.05, 3.63) is 0 Å². The van der Waals surface area contributed by atoms with Crippen LogP contribution in [-0.4, -0.2) is 0 Å². The highest BCUT2D eigenvalue weighted by Gasteiger charge is 2.23. The van der Waals surface area contributed by atoms with Gasteiger partial charge in [0.2, 0.25) is 0 Å². The Labute approximate surface area is 96.8 Å². The molecule has 0 aromatic heterocycles. The van der Waals surface area contributed by atoms with Crippen LogP contribution in [0.1, 0.15) is 72.6 Å². The zero-order valence-electron chi connectivity index (χ0n) is 11.3. The summed E-state index contributed by atoms with van der Waals surface area (Å²) in [5.74, 6) is 3.69. The second-order valence-corrected chi connectivity index (χ2v) is 6.02. The molecule has 0 amide bonds. The molecule has 0 heterocycles. The van der Waals surface area contributed by atoms with Gasteiger partial charge in [0.05, 0.1) is 0 Å². The molecule has 0 radical (unpaired) electrons. The average molecular weight is 210 g/mol. The zero-order valence-corrected chi connectivity index (χ0v) is 11.3. The molecular formula is C15H30. The summed E-state index contributed by atoms with van der Waals surface area (Å²) < 4.78 is 0. The Bertz CT molecular complexity index is 143. The minimum atomic E-state index is 0.915. The van der Waals surface area contributed by atoms with Gasteiger partial charge in [0.1, 0.15) is 0 Å². The van der Waals surface area contributed by atoms with E-state index in [2.05, 4.69) is 27.7 Å². The molecule has 0 aromatic carbocycles. The average Bonchev–Trinajstić information content (AvgIpc) is 2.25. The highest BCUT2D eigenvalue weighted by atomic mass is 14.3. The van der Waals surface area contributed by atoms with Crippen LogP contribution in [0.2, 0.25) is 0 Å². The Kier molecular flexibility index (Phi) is 5.71. The standard InChI is InChI=1S/C15H30/c1-12-10-8-6-5-7-9-11-13(2)15(4)14(12)3/h12-15H,5-11H2,1-4H3. The molecule has 0 aromatic rings. The van der Waals surface area contributed by atoms with Crippen molar-refractivity contribution in [3.63, 3.8) is 0 Å². The Morgan fingerprint density at radius 1 is 0.533 bits per heavy atom. The molecule has 0 saturated heterocycles. The van der Waals surface area contributed by atoms with Crippen molar-refractivity contribution in [2.24, 2.45) is 23.7 Å². The molecule has 4 unspecified atom stereocenters. The third-order valence-electron chi connectivity index (χ3n) is 4.94. The van der Waals surface area contributed by atoms with Crippen LogP contribution in [0.15, 0.2) is 0 Å². The van der Waals surface area contributed by atoms with Gasteiger partial charge in [0.15, 0.2) is 0 Å². The number of hydrogen-bond acceptors (Lipinski definition) is 0. The quantitative estimate of drug-likeness (QED) is 0.510. The van der Waals surface area contributed by atoms with Gasteiger partial charge in [0, 0.05) is 0 Å². The molecule has 1 saturated carbocycles. The van der Waals surface area contributed by atoms with E-state index in [1.165, 1.54) is 44.9 Å². The van der Waals surface area contributed by atoms with E-state index >= 15 is 0 Å². The smallest absolute Gasteiger partial charge is 0.0389 e. The molecule has 1 aliphatic rings. The molecule has 1 fully saturated rings. The fraction of sp³-hybridized carbons (Fsp3) is 1.00. The summed E-state index contributed by atoms with van der Waals surface area (Å²) in [5.41, 5.74) is 0. The summed E-state index contributed by atoms with van der Waals surface area (Å²) in [6, 6.07) is 0. The van der Waals surface area contributed by atoms with Gasteiger partial charge in [0.25, 0.3) is 0 Å². The zero-order chi connectivity index (χ0) is 11.3. The Balaban J connectivity index is 2.53. The first kappa shape index (κ1) is 13.1. The lowest BCUT2D eigenvalue weighted by molar-refractivity contribution is 0.196. The van der Waals surface area contributed by atoms with Gasteiger partial charge in [-0.25, -0.2) is 0 Å². The summed E-state index contributed by atoms with van der Waals surface area (Å²) in [5, 5.41) is 0. The predicted molar refractivity (Wildman–Crippen MR) is 69.0 cm³/mol. The Hall–Kier alpha value is 0. The third-order valence-corrected chi connectivity index (χ3v) is 4.94. The maximum atomic E-state index is 2.48. The van der Waals surface area contributed by atoms with Crippen LogP contribution in [0.25, 0.3) is 0 Å². The van der Waals surface area contributed by atoms with Crippen molar-refractivity contribution in [1.82, 2.24) is 0 Å². The lowest BCUT2D eigenvalue weighted by Gasteiger charge is -2.30. The van der Waals surface area contributed by atoms with Crippen LogP contribution >= 0.6 is 0 Å². The van der Waals surface area contributed by atoms with Crippen LogP contribution in [0.3, 0.4) is 0 Å². The molecule has 0 bridgehead atoms. The summed E-state index contributed by atoms with van der Waals surface area (Å²) in [6.45, 7) is 9.88. The second-order valence-electron chi connectivity index (χ2n) is 6.02. The minimum Gasteiger partial charge on any atom is -0.0622 e. The van der Waals surface area contributed by atoms with E-state index in [-0.39, 0.29) is 0 Å². The lowest BCUT2D eigenvalue weighted by atomic mass is 9.75. The van der Waals surface area contributed by atoms with Crippen molar-refractivity contribution in [1.29, 1.82) is 0 Å².